The summed E-state index contributed by atoms with van der Waals surface area (Å²) in [7, 11) is 1.55. The fourth-order valence-corrected chi connectivity index (χ4v) is 9.05. The fourth-order valence-electron chi connectivity index (χ4n) is 8.32. The predicted octanol–water partition coefficient (Wildman–Crippen LogP) is 16.6. The van der Waals surface area contributed by atoms with Gasteiger partial charge in [-0.05, 0) is 39.0 Å². The van der Waals surface area contributed by atoms with Crippen LogP contribution in [0.1, 0.15) is 264 Å². The van der Waals surface area contributed by atoms with Gasteiger partial charge in [0.15, 0.2) is 0 Å². The summed E-state index contributed by atoms with van der Waals surface area (Å²) in [4.78, 5) is 23.1. The lowest BCUT2D eigenvalue weighted by Crippen LogP contribution is -2.45. The lowest BCUT2D eigenvalue weighted by atomic mass is 10.0. The summed E-state index contributed by atoms with van der Waals surface area (Å²) >= 11 is 0. The van der Waals surface area contributed by atoms with E-state index < -0.39 is 20.0 Å². The van der Waals surface area contributed by atoms with Crippen molar-refractivity contribution in [2.24, 2.45) is 0 Å². The van der Waals surface area contributed by atoms with Gasteiger partial charge in [-0.3, -0.25) is 13.8 Å². The summed E-state index contributed by atoms with van der Waals surface area (Å²) in [6, 6.07) is -0.865. The second-order valence-corrected chi connectivity index (χ2v) is 21.8. The molecule has 0 saturated carbocycles. The van der Waals surface area contributed by atoms with Gasteiger partial charge in [-0.25, -0.2) is 4.57 Å². The molecule has 65 heavy (non-hydrogen) atoms. The molecule has 384 valence electrons. The summed E-state index contributed by atoms with van der Waals surface area (Å²) in [5.41, 5.74) is 0. The molecule has 0 fully saturated rings. The van der Waals surface area contributed by atoms with Crippen LogP contribution >= 0.6 is 7.82 Å². The number of aliphatic hydroxyl groups is 1. The van der Waals surface area contributed by atoms with Crippen LogP contribution in [0.4, 0.5) is 0 Å². The van der Waals surface area contributed by atoms with E-state index in [1.165, 1.54) is 199 Å². The molecule has 1 amide bonds. The minimum Gasteiger partial charge on any atom is -0.387 e. The van der Waals surface area contributed by atoms with E-state index in [0.29, 0.717) is 17.4 Å². The lowest BCUT2D eigenvalue weighted by molar-refractivity contribution is -0.870. The number of carbonyl (C=O) groups excluding carboxylic acids is 1. The SMILES string of the molecule is C/C=C/CC/C=C/CC/C=C/C(O)C(COP(=O)(O)OCC[N+](C)(C)C)NC(=O)CCCCCCCCCCCCCCCCCCCCCCCCCCCCCCCCCCCC. The Bertz CT molecular complexity index is 1150. The number of nitrogens with zero attached hydrogens (tertiary/aromatic N) is 1. The van der Waals surface area contributed by atoms with Crippen molar-refractivity contribution in [3.8, 4) is 0 Å². The highest BCUT2D eigenvalue weighted by atomic mass is 31.2. The Morgan fingerprint density at radius 2 is 0.877 bits per heavy atom. The normalized spacial score (nSPS) is 14.3. The van der Waals surface area contributed by atoms with Gasteiger partial charge in [-0.15, -0.1) is 0 Å². The number of rotatable bonds is 51. The summed E-state index contributed by atoms with van der Waals surface area (Å²) in [6.45, 7) is 4.57. The van der Waals surface area contributed by atoms with Crippen LogP contribution in [-0.2, 0) is 18.4 Å². The van der Waals surface area contributed by atoms with Crippen molar-refractivity contribution in [3.63, 3.8) is 0 Å². The van der Waals surface area contributed by atoms with Crippen molar-refractivity contribution in [3.05, 3.63) is 36.5 Å². The van der Waals surface area contributed by atoms with Crippen LogP contribution in [0.2, 0.25) is 0 Å². The average molecular weight is 938 g/mol. The number of likely N-dealkylation sites (N-methyl/N-ethyl adjacent to an activating group) is 1. The zero-order valence-corrected chi connectivity index (χ0v) is 44.6. The van der Waals surface area contributed by atoms with Crippen molar-refractivity contribution < 1.29 is 32.9 Å². The number of phosphoric ester groups is 1. The van der Waals surface area contributed by atoms with Crippen molar-refractivity contribution in [1.82, 2.24) is 5.32 Å². The molecule has 0 rings (SSSR count). The van der Waals surface area contributed by atoms with Gasteiger partial charge in [-0.1, -0.05) is 255 Å². The third-order valence-electron chi connectivity index (χ3n) is 12.7. The van der Waals surface area contributed by atoms with E-state index in [1.54, 1.807) is 6.08 Å². The lowest BCUT2D eigenvalue weighted by Gasteiger charge is -2.25. The molecule has 0 aromatic carbocycles. The second-order valence-electron chi connectivity index (χ2n) is 20.3. The highest BCUT2D eigenvalue weighted by Gasteiger charge is 2.27. The molecule has 0 aliphatic heterocycles. The molecular formula is C56H110N2O6P+. The number of aliphatic hydroxyl groups excluding tert-OH is 1. The van der Waals surface area contributed by atoms with Gasteiger partial charge in [-0.2, -0.15) is 0 Å². The number of hydrogen-bond acceptors (Lipinski definition) is 5. The Kier molecular flexibility index (Phi) is 46.8. The van der Waals surface area contributed by atoms with Crippen LogP contribution in [0.5, 0.6) is 0 Å². The number of nitrogens with one attached hydrogen (secondary N) is 1. The van der Waals surface area contributed by atoms with Gasteiger partial charge in [0, 0.05) is 6.42 Å². The van der Waals surface area contributed by atoms with Crippen LogP contribution in [0.15, 0.2) is 36.5 Å². The first-order valence-corrected chi connectivity index (χ1v) is 29.3. The van der Waals surface area contributed by atoms with E-state index in [4.69, 9.17) is 9.05 Å². The summed E-state index contributed by atoms with van der Waals surface area (Å²) in [5.74, 6) is -0.190. The molecule has 0 radical (unpaired) electrons. The number of hydrogen-bond donors (Lipinski definition) is 3. The molecule has 0 aromatic rings. The molecule has 0 aromatic heterocycles. The van der Waals surface area contributed by atoms with Crippen molar-refractivity contribution in [2.75, 3.05) is 40.9 Å². The Balaban J connectivity index is 3.86. The Morgan fingerprint density at radius 3 is 1.23 bits per heavy atom. The molecule has 0 heterocycles. The number of phosphoric acid groups is 1. The molecule has 0 aliphatic carbocycles. The van der Waals surface area contributed by atoms with Crippen molar-refractivity contribution in [1.29, 1.82) is 0 Å². The average Bonchev–Trinajstić information content (AvgIpc) is 3.26. The molecular weight excluding hydrogens is 828 g/mol. The van der Waals surface area contributed by atoms with Crippen molar-refractivity contribution in [2.45, 2.75) is 276 Å². The molecule has 0 bridgehead atoms. The van der Waals surface area contributed by atoms with E-state index in [0.717, 1.165) is 44.9 Å². The summed E-state index contributed by atoms with van der Waals surface area (Å²) in [6.07, 6.45) is 61.7. The van der Waals surface area contributed by atoms with Crippen LogP contribution in [0.25, 0.3) is 0 Å². The van der Waals surface area contributed by atoms with Crippen molar-refractivity contribution >= 4 is 13.7 Å². The molecule has 3 N–H and O–H groups in total. The van der Waals surface area contributed by atoms with Gasteiger partial charge in [0.25, 0.3) is 0 Å². The Morgan fingerprint density at radius 1 is 0.538 bits per heavy atom. The number of carbonyl (C=O) groups is 1. The number of amides is 1. The number of unbranched alkanes of at least 4 members (excludes halogenated alkanes) is 35. The zero-order valence-electron chi connectivity index (χ0n) is 43.7. The van der Waals surface area contributed by atoms with Gasteiger partial charge in [0.2, 0.25) is 5.91 Å². The van der Waals surface area contributed by atoms with E-state index in [-0.39, 0.29) is 19.1 Å². The maximum Gasteiger partial charge on any atom is 0.472 e. The second kappa shape index (κ2) is 47.8. The Labute approximate surface area is 404 Å². The third kappa shape index (κ3) is 50.4. The quantitative estimate of drug-likeness (QED) is 0.0243. The predicted molar refractivity (Wildman–Crippen MR) is 281 cm³/mol. The standard InChI is InChI=1S/C56H109N2O6P/c1-6-8-10-12-14-16-17-18-19-20-21-22-23-24-25-26-27-28-29-30-31-32-33-34-35-36-37-38-39-40-42-44-46-48-50-56(60)57-54(53-64-65(61,62)63-52-51-58(3,4)5)55(59)49-47-45-43-41-15-13-11-9-7-2/h7,9,15,41,47,49,54-55,59H,6,8,10-14,16-40,42-46,48,50-53H2,1-5H3,(H-,57,60,61,62)/p+1/b9-7+,41-15+,49-47+. The highest BCUT2D eigenvalue weighted by molar-refractivity contribution is 7.47. The molecule has 0 aliphatic rings. The maximum absolute atomic E-state index is 12.9. The van der Waals surface area contributed by atoms with E-state index in [2.05, 4.69) is 36.5 Å². The number of allylic oxidation sites excluding steroid dienone is 5. The molecule has 0 saturated heterocycles. The van der Waals surface area contributed by atoms with Crippen LogP contribution in [-0.4, -0.2) is 73.4 Å². The van der Waals surface area contributed by atoms with E-state index >= 15 is 0 Å². The molecule has 0 spiro atoms. The van der Waals surface area contributed by atoms with Gasteiger partial charge < -0.3 is 19.8 Å². The topological polar surface area (TPSA) is 105 Å². The first-order chi connectivity index (χ1) is 31.5. The first-order valence-electron chi connectivity index (χ1n) is 27.8. The van der Waals surface area contributed by atoms with Gasteiger partial charge in [0.05, 0.1) is 39.9 Å². The van der Waals surface area contributed by atoms with E-state index in [9.17, 15) is 19.4 Å². The highest BCUT2D eigenvalue weighted by Crippen LogP contribution is 2.43. The molecule has 8 nitrogen and oxygen atoms in total. The van der Waals surface area contributed by atoms with Crippen LogP contribution < -0.4 is 5.32 Å². The summed E-state index contributed by atoms with van der Waals surface area (Å²) < 4.78 is 23.5. The molecule has 3 unspecified atom stereocenters. The zero-order chi connectivity index (χ0) is 47.8. The number of quaternary nitrogens is 1. The Hall–Kier alpha value is -1.28. The monoisotopic (exact) mass is 938 g/mol. The van der Waals surface area contributed by atoms with E-state index in [1.807, 2.05) is 34.1 Å². The first kappa shape index (κ1) is 63.7. The van der Waals surface area contributed by atoms with Gasteiger partial charge in [0.1, 0.15) is 13.2 Å². The van der Waals surface area contributed by atoms with Crippen LogP contribution in [0.3, 0.4) is 0 Å². The molecule has 3 atom stereocenters. The largest absolute Gasteiger partial charge is 0.472 e. The minimum absolute atomic E-state index is 0.0543. The minimum atomic E-state index is -4.34. The fraction of sp³-hybridized carbons (Fsp3) is 0.875. The van der Waals surface area contributed by atoms with Gasteiger partial charge >= 0.3 is 7.82 Å². The smallest absolute Gasteiger partial charge is 0.387 e. The third-order valence-corrected chi connectivity index (χ3v) is 13.7. The molecule has 9 heteroatoms. The summed E-state index contributed by atoms with van der Waals surface area (Å²) in [5, 5.41) is 13.8. The maximum atomic E-state index is 12.9. The van der Waals surface area contributed by atoms with Crippen LogP contribution in [0, 0.1) is 0 Å².